The molecule has 3 atom stereocenters. The summed E-state index contributed by atoms with van der Waals surface area (Å²) in [5, 5.41) is 13.0. The van der Waals surface area contributed by atoms with Crippen LogP contribution in [0.1, 0.15) is 95.0 Å². The Labute approximate surface area is 319 Å². The average Bonchev–Trinajstić information content (AvgIpc) is 3.33. The number of rotatable bonds is 11. The fourth-order valence-electron chi connectivity index (χ4n) is 9.14. The first-order chi connectivity index (χ1) is 26.4. The van der Waals surface area contributed by atoms with Crippen LogP contribution in [0.15, 0.2) is 103 Å². The second-order valence-electron chi connectivity index (χ2n) is 15.5. The van der Waals surface area contributed by atoms with Crippen LogP contribution in [0.25, 0.3) is 0 Å². The number of phenols is 1. The number of benzene rings is 4. The minimum atomic E-state index is -0.430. The number of phenolic OH excluding ortho intramolecular Hbond substituents is 1. The summed E-state index contributed by atoms with van der Waals surface area (Å²) in [4.78, 5) is 32.6. The number of carbonyl (C=O) groups is 2. The summed E-state index contributed by atoms with van der Waals surface area (Å²) in [6, 6.07) is 31.2. The van der Waals surface area contributed by atoms with Crippen LogP contribution in [-0.4, -0.2) is 72.1 Å². The molecule has 8 rings (SSSR count). The number of amides is 2. The van der Waals surface area contributed by atoms with Crippen molar-refractivity contribution in [3.63, 3.8) is 0 Å². The van der Waals surface area contributed by atoms with E-state index in [4.69, 9.17) is 4.74 Å². The highest BCUT2D eigenvalue weighted by atomic mass is 16.5. The maximum absolute atomic E-state index is 13.2. The molecule has 0 aromatic heterocycles. The maximum atomic E-state index is 13.2. The molecular formula is C46H52N4O4. The van der Waals surface area contributed by atoms with Gasteiger partial charge in [-0.15, -0.1) is 0 Å². The first-order valence-electron chi connectivity index (χ1n) is 19.9. The van der Waals surface area contributed by atoms with E-state index < -0.39 is 6.04 Å². The lowest BCUT2D eigenvalue weighted by Gasteiger charge is -2.34. The number of carbonyl (C=O) groups excluding carboxylic acids is 2. The minimum Gasteiger partial charge on any atom is -0.508 e. The molecule has 280 valence electrons. The molecule has 3 aliphatic heterocycles. The van der Waals surface area contributed by atoms with Gasteiger partial charge in [0.15, 0.2) is 0 Å². The van der Waals surface area contributed by atoms with Gasteiger partial charge in [-0.3, -0.25) is 9.59 Å². The van der Waals surface area contributed by atoms with Gasteiger partial charge in [0.05, 0.1) is 6.61 Å². The third-order valence-electron chi connectivity index (χ3n) is 12.0. The van der Waals surface area contributed by atoms with E-state index in [-0.39, 0.29) is 17.7 Å². The van der Waals surface area contributed by atoms with Crippen LogP contribution in [0, 0.1) is 0 Å². The third-order valence-corrected chi connectivity index (χ3v) is 12.0. The van der Waals surface area contributed by atoms with Crippen molar-refractivity contribution in [2.75, 3.05) is 44.2 Å². The van der Waals surface area contributed by atoms with E-state index in [1.807, 2.05) is 18.2 Å². The largest absolute Gasteiger partial charge is 0.508 e. The van der Waals surface area contributed by atoms with Crippen LogP contribution in [0.5, 0.6) is 11.5 Å². The van der Waals surface area contributed by atoms with Gasteiger partial charge in [-0.25, -0.2) is 0 Å². The summed E-state index contributed by atoms with van der Waals surface area (Å²) in [6.07, 6.45) is 7.77. The molecule has 0 saturated carbocycles. The Bertz CT molecular complexity index is 1980. The Morgan fingerprint density at radius 1 is 0.796 bits per heavy atom. The van der Waals surface area contributed by atoms with Gasteiger partial charge in [-0.05, 0) is 141 Å². The van der Waals surface area contributed by atoms with Crippen molar-refractivity contribution >= 4 is 17.5 Å². The number of unbranched alkanes of at least 4 members (excludes halogenated alkanes) is 2. The number of allylic oxidation sites excluding steroid dienone is 1. The van der Waals surface area contributed by atoms with E-state index in [1.54, 1.807) is 4.90 Å². The highest BCUT2D eigenvalue weighted by Gasteiger charge is 2.38. The summed E-state index contributed by atoms with van der Waals surface area (Å²) < 4.78 is 6.21. The zero-order valence-electron chi connectivity index (χ0n) is 31.2. The summed E-state index contributed by atoms with van der Waals surface area (Å²) in [7, 11) is 0. The molecule has 4 aromatic carbocycles. The smallest absolute Gasteiger partial charge is 0.255 e. The molecule has 2 saturated heterocycles. The van der Waals surface area contributed by atoms with Gasteiger partial charge in [0, 0.05) is 49.0 Å². The summed E-state index contributed by atoms with van der Waals surface area (Å²) >= 11 is 0. The number of nitrogens with zero attached hydrogens (tertiary/aromatic N) is 3. The maximum Gasteiger partial charge on any atom is 0.255 e. The number of nitrogens with one attached hydrogen (secondary N) is 1. The van der Waals surface area contributed by atoms with Crippen molar-refractivity contribution < 1.29 is 19.4 Å². The van der Waals surface area contributed by atoms with Gasteiger partial charge in [-0.2, -0.15) is 0 Å². The van der Waals surface area contributed by atoms with Crippen LogP contribution in [0.4, 0.5) is 5.69 Å². The van der Waals surface area contributed by atoms with Crippen molar-refractivity contribution in [1.29, 1.82) is 0 Å². The van der Waals surface area contributed by atoms with E-state index in [0.717, 1.165) is 99.5 Å². The molecule has 0 radical (unpaired) electrons. The topological polar surface area (TPSA) is 85.4 Å². The predicted octanol–water partition coefficient (Wildman–Crippen LogP) is 7.76. The molecular weight excluding hydrogens is 673 g/mol. The van der Waals surface area contributed by atoms with Crippen LogP contribution in [-0.2, 0) is 17.8 Å². The Hall–Kier alpha value is -5.08. The number of ether oxygens (including phenoxy) is 1. The molecule has 54 heavy (non-hydrogen) atoms. The first kappa shape index (κ1) is 35.9. The lowest BCUT2D eigenvalue weighted by molar-refractivity contribution is -0.126. The molecule has 8 heteroatoms. The molecule has 2 amide bonds. The van der Waals surface area contributed by atoms with Gasteiger partial charge in [0.25, 0.3) is 5.91 Å². The summed E-state index contributed by atoms with van der Waals surface area (Å²) in [6.45, 7) is 10.2. The summed E-state index contributed by atoms with van der Waals surface area (Å²) in [5.41, 5.74) is 8.84. The van der Waals surface area contributed by atoms with Gasteiger partial charge in [0.2, 0.25) is 5.91 Å². The van der Waals surface area contributed by atoms with Gasteiger partial charge in [-0.1, -0.05) is 55.1 Å². The zero-order chi connectivity index (χ0) is 37.0. The van der Waals surface area contributed by atoms with Crippen molar-refractivity contribution in [3.8, 4) is 11.5 Å². The number of aromatic hydroxyl groups is 1. The number of fused-ring (bicyclic) bond motifs is 2. The summed E-state index contributed by atoms with van der Waals surface area (Å²) in [5.74, 6) is 1.71. The van der Waals surface area contributed by atoms with Crippen LogP contribution < -0.4 is 15.0 Å². The lowest BCUT2D eigenvalue weighted by Crippen LogP contribution is -2.49. The third kappa shape index (κ3) is 7.76. The van der Waals surface area contributed by atoms with E-state index in [1.165, 1.54) is 22.3 Å². The highest BCUT2D eigenvalue weighted by molar-refractivity contribution is 6.01. The highest BCUT2D eigenvalue weighted by Crippen LogP contribution is 2.47. The molecule has 1 unspecified atom stereocenters. The Morgan fingerprint density at radius 3 is 2.48 bits per heavy atom. The molecule has 1 aliphatic carbocycles. The minimum absolute atomic E-state index is 0.0453. The van der Waals surface area contributed by atoms with Crippen LogP contribution >= 0.6 is 0 Å². The van der Waals surface area contributed by atoms with E-state index in [2.05, 4.69) is 94.5 Å². The fourth-order valence-corrected chi connectivity index (χ4v) is 9.14. The Balaban J connectivity index is 0.786. The SMILES string of the molecule is C=C1CCC(N2Cc3cc(N4CCCN(CCCCCOc5ccc([C@H]6c7ccc(O)cc7CC[C@H]6c6ccccc6)cc5)CC4)ccc3C2=O)C(=O)N1. The second kappa shape index (κ2) is 16.1. The number of anilines is 1. The van der Waals surface area contributed by atoms with Gasteiger partial charge < -0.3 is 29.9 Å². The fraction of sp³-hybridized carbons (Fsp3) is 0.391. The van der Waals surface area contributed by atoms with E-state index >= 15 is 0 Å². The van der Waals surface area contributed by atoms with Gasteiger partial charge in [0.1, 0.15) is 17.5 Å². The number of aryl methyl sites for hydroxylation is 1. The number of hydrogen-bond acceptors (Lipinski definition) is 6. The van der Waals surface area contributed by atoms with Crippen LogP contribution in [0.2, 0.25) is 0 Å². The first-order valence-corrected chi connectivity index (χ1v) is 19.9. The number of piperidine rings is 1. The lowest BCUT2D eigenvalue weighted by atomic mass is 9.69. The second-order valence-corrected chi connectivity index (χ2v) is 15.5. The normalized spacial score (nSPS) is 21.7. The zero-order valence-corrected chi connectivity index (χ0v) is 31.2. The molecule has 4 aromatic rings. The van der Waals surface area contributed by atoms with Crippen molar-refractivity contribution in [2.45, 2.75) is 75.8 Å². The van der Waals surface area contributed by atoms with Gasteiger partial charge >= 0.3 is 0 Å². The van der Waals surface area contributed by atoms with Crippen molar-refractivity contribution in [1.82, 2.24) is 15.1 Å². The Morgan fingerprint density at radius 2 is 1.65 bits per heavy atom. The standard InChI is InChI=1S/C46H52N4O4/c1-32-11-22-43(45(52)47-32)50-31-36-29-37(15-20-42(36)46(50)53)49-25-8-24-48(26-27-49)23-6-3-7-28-54-39-17-12-34(13-18-39)44-40(33-9-4-2-5-10-33)19-14-35-30-38(51)16-21-41(35)44/h2,4-5,9-10,12-13,15-18,20-21,29-30,40,43-44,51H,1,3,6-8,11,14,19,22-28,31H2,(H,47,52)/t40-,43?,44+/m0/s1. The predicted molar refractivity (Wildman–Crippen MR) is 213 cm³/mol. The molecule has 0 bridgehead atoms. The van der Waals surface area contributed by atoms with E-state index in [9.17, 15) is 14.7 Å². The molecule has 8 nitrogen and oxygen atoms in total. The molecule has 0 spiro atoms. The molecule has 4 aliphatic rings. The van der Waals surface area contributed by atoms with Crippen molar-refractivity contribution in [2.24, 2.45) is 0 Å². The monoisotopic (exact) mass is 724 g/mol. The molecule has 3 heterocycles. The quantitative estimate of drug-likeness (QED) is 0.154. The Kier molecular flexibility index (Phi) is 10.7. The average molecular weight is 725 g/mol. The van der Waals surface area contributed by atoms with E-state index in [0.29, 0.717) is 37.7 Å². The number of hydrogen-bond donors (Lipinski definition) is 2. The van der Waals surface area contributed by atoms with Crippen LogP contribution in [0.3, 0.4) is 0 Å². The molecule has 2 N–H and O–H groups in total. The van der Waals surface area contributed by atoms with Crippen molar-refractivity contribution in [3.05, 3.63) is 137 Å². The molecule has 2 fully saturated rings.